The molecule has 0 saturated carbocycles. The molecule has 0 aromatic carbocycles. The van der Waals surface area contributed by atoms with Crippen LogP contribution in [0.3, 0.4) is 0 Å². The smallest absolute Gasteiger partial charge is 0.394 e. The van der Waals surface area contributed by atoms with E-state index in [1.165, 1.54) is 20.8 Å². The molecule has 4 atom stereocenters. The molecule has 0 radical (unpaired) electrons. The zero-order valence-corrected chi connectivity index (χ0v) is 22.7. The maximum absolute atomic E-state index is 13.0. The van der Waals surface area contributed by atoms with Gasteiger partial charge < -0.3 is 37.8 Å². The van der Waals surface area contributed by atoms with Gasteiger partial charge in [-0.2, -0.15) is 13.2 Å². The van der Waals surface area contributed by atoms with Gasteiger partial charge in [-0.15, -0.1) is 0 Å². The van der Waals surface area contributed by atoms with Gasteiger partial charge in [-0.1, -0.05) is 27.7 Å². The average molecular weight is 568 g/mol. The van der Waals surface area contributed by atoms with Crippen LogP contribution in [0.25, 0.3) is 0 Å². The Balaban J connectivity index is 5.56. The van der Waals surface area contributed by atoms with Crippen LogP contribution < -0.4 is 32.7 Å². The SMILES string of the molecule is CC(=O)N[C@@H](CCCN=C(N)N)C(=O)N[C@@H](CO)C(=O)N[C@H](C(=O)N[C@@H](CC(C)C)C(=O)C(F)(F)F)C(C)C. The number of rotatable bonds is 16. The van der Waals surface area contributed by atoms with Crippen LogP contribution in [0.1, 0.15) is 53.9 Å². The Bertz CT molecular complexity index is 892. The van der Waals surface area contributed by atoms with Crippen molar-refractivity contribution >= 4 is 35.4 Å². The van der Waals surface area contributed by atoms with E-state index >= 15 is 0 Å². The number of aliphatic hydroxyl groups is 1. The van der Waals surface area contributed by atoms with Gasteiger partial charge >= 0.3 is 6.18 Å². The van der Waals surface area contributed by atoms with Crippen molar-refractivity contribution in [3.63, 3.8) is 0 Å². The fourth-order valence-electron chi connectivity index (χ4n) is 3.43. The minimum atomic E-state index is -5.18. The molecular weight excluding hydrogens is 527 g/mol. The van der Waals surface area contributed by atoms with Crippen LogP contribution in [-0.4, -0.2) is 84.0 Å². The molecule has 0 rings (SSSR count). The van der Waals surface area contributed by atoms with E-state index in [-0.39, 0.29) is 37.7 Å². The van der Waals surface area contributed by atoms with E-state index in [2.05, 4.69) is 26.3 Å². The normalized spacial score (nSPS) is 14.5. The number of hydrogen-bond donors (Lipinski definition) is 7. The Morgan fingerprint density at radius 1 is 0.846 bits per heavy atom. The highest BCUT2D eigenvalue weighted by atomic mass is 19.4. The summed E-state index contributed by atoms with van der Waals surface area (Å²) in [6, 6.07) is -5.93. The molecule has 0 bridgehead atoms. The lowest BCUT2D eigenvalue weighted by Gasteiger charge is -2.28. The number of ketones is 1. The molecule has 16 heteroatoms. The molecule has 0 aliphatic carbocycles. The molecule has 0 saturated heterocycles. The average Bonchev–Trinajstić information content (AvgIpc) is 2.79. The van der Waals surface area contributed by atoms with Crippen molar-refractivity contribution in [2.75, 3.05) is 13.2 Å². The molecule has 0 aromatic rings. The predicted octanol–water partition coefficient (Wildman–Crippen LogP) is -1.18. The number of aliphatic hydroxyl groups excluding tert-OH is 1. The molecule has 0 fully saturated rings. The van der Waals surface area contributed by atoms with Gasteiger partial charge in [-0.3, -0.25) is 29.0 Å². The quantitative estimate of drug-likeness (QED) is 0.0682. The summed E-state index contributed by atoms with van der Waals surface area (Å²) < 4.78 is 39.1. The molecule has 0 aliphatic rings. The van der Waals surface area contributed by atoms with Crippen molar-refractivity contribution in [2.45, 2.75) is 84.2 Å². The summed E-state index contributed by atoms with van der Waals surface area (Å²) in [5, 5.41) is 18.8. The first-order valence-electron chi connectivity index (χ1n) is 12.4. The van der Waals surface area contributed by atoms with E-state index in [9.17, 15) is 42.3 Å². The van der Waals surface area contributed by atoms with Crippen LogP contribution in [0.2, 0.25) is 0 Å². The lowest BCUT2D eigenvalue weighted by Crippen LogP contribution is -2.60. The van der Waals surface area contributed by atoms with Crippen molar-refractivity contribution < 1.29 is 42.3 Å². The monoisotopic (exact) mass is 567 g/mol. The van der Waals surface area contributed by atoms with Crippen molar-refractivity contribution in [1.82, 2.24) is 21.3 Å². The highest BCUT2D eigenvalue weighted by Crippen LogP contribution is 2.21. The number of amides is 4. The van der Waals surface area contributed by atoms with E-state index in [4.69, 9.17) is 11.5 Å². The number of nitrogens with two attached hydrogens (primary N) is 2. The van der Waals surface area contributed by atoms with Crippen LogP contribution in [0.5, 0.6) is 0 Å². The van der Waals surface area contributed by atoms with Gasteiger partial charge in [0.1, 0.15) is 18.1 Å². The number of Topliss-reactive ketones (excluding diaryl/α,β-unsaturated/α-hetero) is 1. The second kappa shape index (κ2) is 16.5. The van der Waals surface area contributed by atoms with Crippen LogP contribution in [-0.2, 0) is 24.0 Å². The summed E-state index contributed by atoms with van der Waals surface area (Å²) in [6.45, 7) is 6.60. The number of alkyl halides is 3. The highest BCUT2D eigenvalue weighted by molar-refractivity contribution is 5.96. The Morgan fingerprint density at radius 2 is 1.38 bits per heavy atom. The topological polar surface area (TPSA) is 218 Å². The molecule has 0 aliphatic heterocycles. The molecule has 39 heavy (non-hydrogen) atoms. The molecule has 0 unspecified atom stereocenters. The Kier molecular flexibility index (Phi) is 15.1. The molecule has 13 nitrogen and oxygen atoms in total. The van der Waals surface area contributed by atoms with Gasteiger partial charge in [-0.05, 0) is 31.1 Å². The van der Waals surface area contributed by atoms with Crippen molar-refractivity contribution in [3.05, 3.63) is 0 Å². The molecule has 0 heterocycles. The number of halogens is 3. The van der Waals surface area contributed by atoms with Gasteiger partial charge in [0.25, 0.3) is 5.78 Å². The van der Waals surface area contributed by atoms with Gasteiger partial charge in [0.2, 0.25) is 23.6 Å². The van der Waals surface area contributed by atoms with Gasteiger partial charge in [0.05, 0.1) is 12.6 Å². The Labute approximate surface area is 225 Å². The van der Waals surface area contributed by atoms with Gasteiger partial charge in [-0.25, -0.2) is 0 Å². The third-order valence-corrected chi connectivity index (χ3v) is 5.32. The van der Waals surface area contributed by atoms with Crippen LogP contribution in [0.15, 0.2) is 4.99 Å². The van der Waals surface area contributed by atoms with Gasteiger partial charge in [0.15, 0.2) is 5.96 Å². The van der Waals surface area contributed by atoms with Crippen molar-refractivity contribution in [2.24, 2.45) is 28.3 Å². The number of aliphatic imine (C=N–C) groups is 1. The number of guanidine groups is 1. The summed E-state index contributed by atoms with van der Waals surface area (Å²) in [4.78, 5) is 65.5. The zero-order chi connectivity index (χ0) is 30.5. The summed E-state index contributed by atoms with van der Waals surface area (Å²) in [6.07, 6.45) is -5.09. The van der Waals surface area contributed by atoms with Crippen molar-refractivity contribution in [3.8, 4) is 0 Å². The predicted molar refractivity (Wildman–Crippen MR) is 136 cm³/mol. The number of hydrogen-bond acceptors (Lipinski definition) is 7. The highest BCUT2D eigenvalue weighted by Gasteiger charge is 2.44. The van der Waals surface area contributed by atoms with Crippen LogP contribution in [0.4, 0.5) is 13.2 Å². The lowest BCUT2D eigenvalue weighted by atomic mass is 9.97. The van der Waals surface area contributed by atoms with Crippen molar-refractivity contribution in [1.29, 1.82) is 0 Å². The Hall–Kier alpha value is -3.43. The summed E-state index contributed by atoms with van der Waals surface area (Å²) >= 11 is 0. The molecule has 9 N–H and O–H groups in total. The first-order valence-corrected chi connectivity index (χ1v) is 12.4. The standard InChI is InChI=1S/C23H40F3N7O6/c1-11(2)9-15(18(36)23(24,25)26)31-21(39)17(12(3)4)33-20(38)16(10-34)32-19(37)14(30-13(5)35)7-6-8-29-22(27)28/h11-12,14-17,34H,6-10H2,1-5H3,(H,30,35)(H,31,39)(H,32,37)(H,33,38)(H4,27,28,29)/t14-,15-,16-,17-/m0/s1. The number of nitrogens with zero attached hydrogens (tertiary/aromatic N) is 1. The first kappa shape index (κ1) is 35.6. The summed E-state index contributed by atoms with van der Waals surface area (Å²) in [5.74, 6) is -6.70. The lowest BCUT2D eigenvalue weighted by molar-refractivity contribution is -0.174. The van der Waals surface area contributed by atoms with Gasteiger partial charge in [0, 0.05) is 13.5 Å². The minimum absolute atomic E-state index is 0.0868. The van der Waals surface area contributed by atoms with E-state index in [1.54, 1.807) is 13.8 Å². The summed E-state index contributed by atoms with van der Waals surface area (Å²) in [7, 11) is 0. The summed E-state index contributed by atoms with van der Waals surface area (Å²) in [5.41, 5.74) is 10.5. The van der Waals surface area contributed by atoms with E-state index in [0.717, 1.165) is 0 Å². The second-order valence-corrected chi connectivity index (χ2v) is 9.73. The second-order valence-electron chi connectivity index (χ2n) is 9.73. The van der Waals surface area contributed by atoms with E-state index in [0.29, 0.717) is 0 Å². The molecule has 224 valence electrons. The first-order chi connectivity index (χ1) is 17.9. The maximum Gasteiger partial charge on any atom is 0.452 e. The largest absolute Gasteiger partial charge is 0.452 e. The minimum Gasteiger partial charge on any atom is -0.394 e. The molecule has 0 aromatic heterocycles. The van der Waals surface area contributed by atoms with E-state index < -0.39 is 72.3 Å². The molecule has 0 spiro atoms. The van der Waals surface area contributed by atoms with Crippen LogP contribution >= 0.6 is 0 Å². The molecule has 4 amide bonds. The zero-order valence-electron chi connectivity index (χ0n) is 22.7. The van der Waals surface area contributed by atoms with E-state index in [1.807, 2.05) is 0 Å². The third kappa shape index (κ3) is 13.8. The number of carbonyl (C=O) groups is 5. The number of nitrogens with one attached hydrogen (secondary N) is 4. The fourth-order valence-corrected chi connectivity index (χ4v) is 3.43. The Morgan fingerprint density at radius 3 is 1.82 bits per heavy atom. The fraction of sp³-hybridized carbons (Fsp3) is 0.739. The number of carbonyl (C=O) groups excluding carboxylic acids is 5. The maximum atomic E-state index is 13.0. The molecular formula is C23H40F3N7O6. The van der Waals surface area contributed by atoms with Crippen LogP contribution in [0, 0.1) is 11.8 Å². The third-order valence-electron chi connectivity index (χ3n) is 5.32.